The summed E-state index contributed by atoms with van der Waals surface area (Å²) < 4.78 is 21.1. The van der Waals surface area contributed by atoms with E-state index >= 15 is 0 Å². The predicted octanol–water partition coefficient (Wildman–Crippen LogP) is 0.169. The second kappa shape index (κ2) is 4.52. The van der Waals surface area contributed by atoms with Gasteiger partial charge in [0, 0.05) is 6.20 Å². The molecular weight excluding hydrogens is 291 g/mol. The van der Waals surface area contributed by atoms with E-state index < -0.39 is 30.2 Å². The Hall–Kier alpha value is -1.48. The van der Waals surface area contributed by atoms with Gasteiger partial charge in [0.05, 0.1) is 12.0 Å². The van der Waals surface area contributed by atoms with Crippen LogP contribution in [0.1, 0.15) is 6.23 Å². The molecule has 9 heteroatoms. The second-order valence-electron chi connectivity index (χ2n) is 4.55. The number of nitrogens with two attached hydrogens (primary N) is 1. The summed E-state index contributed by atoms with van der Waals surface area (Å²) in [7, 11) is 0. The number of aromatic nitrogens is 3. The van der Waals surface area contributed by atoms with Gasteiger partial charge in [0.1, 0.15) is 30.0 Å². The van der Waals surface area contributed by atoms with Gasteiger partial charge in [-0.25, -0.2) is 14.4 Å². The molecule has 4 atom stereocenters. The molecule has 2 aromatic rings. The van der Waals surface area contributed by atoms with Crippen LogP contribution >= 0.6 is 11.6 Å². The number of nitrogen functional groups attached to an aromatic ring is 1. The van der Waals surface area contributed by atoms with Crippen LogP contribution in [0.2, 0.25) is 0 Å². The molecule has 108 valence electrons. The van der Waals surface area contributed by atoms with Crippen LogP contribution < -0.4 is 5.73 Å². The summed E-state index contributed by atoms with van der Waals surface area (Å²) >= 11 is 5.74. The number of aliphatic hydroxyl groups is 2. The fraction of sp³-hybridized carbons (Fsp3) is 0.455. The lowest BCUT2D eigenvalue weighted by molar-refractivity contribution is -0.0479. The van der Waals surface area contributed by atoms with Crippen molar-refractivity contribution >= 4 is 28.5 Å². The normalized spacial score (nSPS) is 33.9. The topological polar surface area (TPSA) is 106 Å². The standard InChI is InChI=1S/C11H12ClFN4O3/c12-11(13)7(19)6(3-18)20-10(11)17-2-1-5-8(14)15-4-16-9(5)17/h1-2,4,6-7,10,18-19H,3H2,(H2,14,15,16)/t6-,7-,10-,11-/m1/s1. The molecule has 1 aliphatic rings. The van der Waals surface area contributed by atoms with Gasteiger partial charge in [0.15, 0.2) is 6.23 Å². The number of rotatable bonds is 2. The number of aliphatic hydroxyl groups excluding tert-OH is 2. The van der Waals surface area contributed by atoms with E-state index in [1.807, 2.05) is 0 Å². The number of fused-ring (bicyclic) bond motifs is 1. The Balaban J connectivity index is 2.10. The molecular formula is C11H12ClFN4O3. The second-order valence-corrected chi connectivity index (χ2v) is 5.13. The van der Waals surface area contributed by atoms with Crippen molar-refractivity contribution in [2.45, 2.75) is 23.6 Å². The maximum atomic E-state index is 14.5. The summed E-state index contributed by atoms with van der Waals surface area (Å²) in [6.07, 6.45) is -1.38. The maximum absolute atomic E-state index is 14.5. The first-order chi connectivity index (χ1) is 9.46. The lowest BCUT2D eigenvalue weighted by Gasteiger charge is -2.22. The van der Waals surface area contributed by atoms with E-state index in [2.05, 4.69) is 9.97 Å². The third-order valence-electron chi connectivity index (χ3n) is 3.35. The molecule has 3 rings (SSSR count). The number of ether oxygens (including phenoxy) is 1. The molecule has 1 fully saturated rings. The van der Waals surface area contributed by atoms with Gasteiger partial charge in [-0.05, 0) is 6.07 Å². The van der Waals surface area contributed by atoms with Gasteiger partial charge in [0.25, 0.3) is 5.13 Å². The Kier molecular flexibility index (Phi) is 3.05. The minimum absolute atomic E-state index is 0.241. The lowest BCUT2D eigenvalue weighted by Crippen LogP contribution is -2.38. The first-order valence-electron chi connectivity index (χ1n) is 5.86. The highest BCUT2D eigenvalue weighted by molar-refractivity contribution is 6.23. The highest BCUT2D eigenvalue weighted by Gasteiger charge is 2.57. The highest BCUT2D eigenvalue weighted by Crippen LogP contribution is 2.45. The van der Waals surface area contributed by atoms with Gasteiger partial charge in [-0.2, -0.15) is 0 Å². The zero-order chi connectivity index (χ0) is 14.5. The number of alkyl halides is 2. The van der Waals surface area contributed by atoms with E-state index in [1.165, 1.54) is 17.1 Å². The Bertz CT molecular complexity index is 650. The van der Waals surface area contributed by atoms with E-state index in [-0.39, 0.29) is 5.82 Å². The number of nitrogens with zero attached hydrogens (tertiary/aromatic N) is 3. The molecule has 3 heterocycles. The largest absolute Gasteiger partial charge is 0.394 e. The van der Waals surface area contributed by atoms with Crippen LogP contribution in [0.4, 0.5) is 10.2 Å². The molecule has 0 aliphatic carbocycles. The van der Waals surface area contributed by atoms with Crippen molar-refractivity contribution < 1.29 is 19.3 Å². The Morgan fingerprint density at radius 3 is 2.95 bits per heavy atom. The van der Waals surface area contributed by atoms with Gasteiger partial charge >= 0.3 is 0 Å². The van der Waals surface area contributed by atoms with E-state index in [4.69, 9.17) is 27.2 Å². The molecule has 0 amide bonds. The minimum atomic E-state index is -2.58. The number of hydrogen-bond acceptors (Lipinski definition) is 6. The third-order valence-corrected chi connectivity index (χ3v) is 3.76. The van der Waals surface area contributed by atoms with Gasteiger partial charge in [0.2, 0.25) is 0 Å². The van der Waals surface area contributed by atoms with Crippen molar-refractivity contribution in [3.63, 3.8) is 0 Å². The molecule has 1 saturated heterocycles. The molecule has 0 radical (unpaired) electrons. The summed E-state index contributed by atoms with van der Waals surface area (Å²) in [4.78, 5) is 7.84. The van der Waals surface area contributed by atoms with Crippen LogP contribution in [0.15, 0.2) is 18.6 Å². The fourth-order valence-electron chi connectivity index (χ4n) is 2.30. The zero-order valence-corrected chi connectivity index (χ0v) is 10.9. The molecule has 20 heavy (non-hydrogen) atoms. The SMILES string of the molecule is Nc1ncnc2c1ccn2[C@@H]1O[C@H](CO)[C@@H](O)[C@]1(F)Cl. The minimum Gasteiger partial charge on any atom is -0.394 e. The number of hydrogen-bond donors (Lipinski definition) is 3. The van der Waals surface area contributed by atoms with Gasteiger partial charge in [-0.15, -0.1) is 0 Å². The predicted molar refractivity (Wildman–Crippen MR) is 68.6 cm³/mol. The molecule has 0 aromatic carbocycles. The van der Waals surface area contributed by atoms with Gasteiger partial charge in [-0.3, -0.25) is 0 Å². The van der Waals surface area contributed by atoms with Crippen LogP contribution in [0.25, 0.3) is 11.0 Å². The Labute approximate surface area is 117 Å². The molecule has 0 saturated carbocycles. The van der Waals surface area contributed by atoms with E-state index in [0.29, 0.717) is 11.0 Å². The average Bonchev–Trinajstić information content (AvgIpc) is 2.92. The van der Waals surface area contributed by atoms with Crippen LogP contribution in [-0.4, -0.2) is 48.7 Å². The monoisotopic (exact) mass is 302 g/mol. The number of anilines is 1. The van der Waals surface area contributed by atoms with E-state index in [0.717, 1.165) is 0 Å². The first kappa shape index (κ1) is 13.5. The van der Waals surface area contributed by atoms with Crippen molar-refractivity contribution in [2.75, 3.05) is 12.3 Å². The molecule has 2 aromatic heterocycles. The summed E-state index contributed by atoms with van der Waals surface area (Å²) in [5.74, 6) is 0.241. The quantitative estimate of drug-likeness (QED) is 0.683. The Morgan fingerprint density at radius 1 is 1.55 bits per heavy atom. The smallest absolute Gasteiger partial charge is 0.256 e. The lowest BCUT2D eigenvalue weighted by atomic mass is 10.1. The summed E-state index contributed by atoms with van der Waals surface area (Å²) in [6, 6.07) is 1.60. The van der Waals surface area contributed by atoms with E-state index in [1.54, 1.807) is 6.07 Å². The van der Waals surface area contributed by atoms with Crippen molar-refractivity contribution in [3.05, 3.63) is 18.6 Å². The summed E-state index contributed by atoms with van der Waals surface area (Å²) in [6.45, 7) is -0.549. The molecule has 7 nitrogen and oxygen atoms in total. The van der Waals surface area contributed by atoms with Gasteiger partial charge < -0.3 is 25.3 Å². The van der Waals surface area contributed by atoms with Crippen LogP contribution in [-0.2, 0) is 4.74 Å². The van der Waals surface area contributed by atoms with Crippen molar-refractivity contribution in [1.82, 2.24) is 14.5 Å². The molecule has 0 unspecified atom stereocenters. The molecule has 0 spiro atoms. The summed E-state index contributed by atoms with van der Waals surface area (Å²) in [5.41, 5.74) is 6.02. The third kappa shape index (κ3) is 1.76. The highest BCUT2D eigenvalue weighted by atomic mass is 35.5. The number of halogens is 2. The zero-order valence-electron chi connectivity index (χ0n) is 10.1. The maximum Gasteiger partial charge on any atom is 0.256 e. The fourth-order valence-corrected chi connectivity index (χ4v) is 2.60. The first-order valence-corrected chi connectivity index (χ1v) is 6.23. The van der Waals surface area contributed by atoms with Gasteiger partial charge in [-0.1, -0.05) is 11.6 Å². The van der Waals surface area contributed by atoms with Crippen molar-refractivity contribution in [3.8, 4) is 0 Å². The van der Waals surface area contributed by atoms with Crippen LogP contribution in [0.5, 0.6) is 0 Å². The van der Waals surface area contributed by atoms with Crippen LogP contribution in [0.3, 0.4) is 0 Å². The van der Waals surface area contributed by atoms with Crippen molar-refractivity contribution in [2.24, 2.45) is 0 Å². The Morgan fingerprint density at radius 2 is 2.30 bits per heavy atom. The average molecular weight is 303 g/mol. The molecule has 0 bridgehead atoms. The van der Waals surface area contributed by atoms with Crippen molar-refractivity contribution in [1.29, 1.82) is 0 Å². The van der Waals surface area contributed by atoms with E-state index in [9.17, 15) is 9.50 Å². The van der Waals surface area contributed by atoms with Crippen LogP contribution in [0, 0.1) is 0 Å². The summed E-state index contributed by atoms with van der Waals surface area (Å²) in [5, 5.41) is 16.8. The molecule has 4 N–H and O–H groups in total. The molecule has 1 aliphatic heterocycles.